The summed E-state index contributed by atoms with van der Waals surface area (Å²) in [5, 5.41) is 3.46. The molecular formula is C25H27N3O4S. The molecule has 1 atom stereocenters. The third kappa shape index (κ3) is 4.61. The Hall–Kier alpha value is -3.26. The number of carbonyl (C=O) groups is 1. The monoisotopic (exact) mass is 465 g/mol. The second-order valence-electron chi connectivity index (χ2n) is 7.88. The van der Waals surface area contributed by atoms with Crippen molar-refractivity contribution in [1.29, 1.82) is 0 Å². The molecule has 0 spiro atoms. The molecule has 172 valence electrons. The minimum Gasteiger partial charge on any atom is -0.493 e. The van der Waals surface area contributed by atoms with Gasteiger partial charge in [-0.15, -0.1) is 0 Å². The molecule has 1 aliphatic heterocycles. The first-order valence-corrected chi connectivity index (χ1v) is 11.8. The molecule has 7 nitrogen and oxygen atoms in total. The predicted molar refractivity (Wildman–Crippen MR) is 129 cm³/mol. The van der Waals surface area contributed by atoms with Crippen LogP contribution in [0.15, 0.2) is 52.4 Å². The van der Waals surface area contributed by atoms with E-state index in [1.807, 2.05) is 38.2 Å². The molecule has 0 radical (unpaired) electrons. The van der Waals surface area contributed by atoms with Gasteiger partial charge in [0, 0.05) is 25.1 Å². The van der Waals surface area contributed by atoms with E-state index in [-0.39, 0.29) is 17.9 Å². The molecule has 1 aliphatic rings. The van der Waals surface area contributed by atoms with Crippen LogP contribution in [0.25, 0.3) is 0 Å². The van der Waals surface area contributed by atoms with Crippen LogP contribution in [-0.2, 0) is 17.6 Å². The minimum absolute atomic E-state index is 0.141. The quantitative estimate of drug-likeness (QED) is 0.415. The van der Waals surface area contributed by atoms with E-state index in [9.17, 15) is 9.59 Å². The maximum absolute atomic E-state index is 13.2. The molecular weight excluding hydrogens is 438 g/mol. The highest BCUT2D eigenvalue weighted by molar-refractivity contribution is 7.98. The van der Waals surface area contributed by atoms with E-state index in [2.05, 4.69) is 29.4 Å². The molecule has 3 aromatic rings. The Bertz CT molecular complexity index is 1250. The van der Waals surface area contributed by atoms with Gasteiger partial charge in [-0.05, 0) is 42.7 Å². The Kier molecular flexibility index (Phi) is 6.74. The number of ether oxygens (including phenoxy) is 2. The van der Waals surface area contributed by atoms with Crippen LogP contribution in [0.3, 0.4) is 0 Å². The zero-order chi connectivity index (χ0) is 23.5. The molecule has 0 unspecified atom stereocenters. The fourth-order valence-corrected chi connectivity index (χ4v) is 5.08. The lowest BCUT2D eigenvalue weighted by atomic mass is 9.86. The number of carbonyl (C=O) groups excluding carboxylic acids is 1. The van der Waals surface area contributed by atoms with E-state index in [1.54, 1.807) is 17.7 Å². The number of anilines is 1. The third-order valence-electron chi connectivity index (χ3n) is 5.81. The Morgan fingerprint density at radius 2 is 1.97 bits per heavy atom. The molecule has 2 aromatic carbocycles. The lowest BCUT2D eigenvalue weighted by molar-refractivity contribution is -0.116. The minimum atomic E-state index is -0.416. The van der Waals surface area contributed by atoms with Crippen LogP contribution in [-0.4, -0.2) is 29.2 Å². The molecule has 1 aromatic heterocycles. The molecule has 0 saturated carbocycles. The van der Waals surface area contributed by atoms with Crippen LogP contribution in [0.4, 0.5) is 5.82 Å². The first-order valence-electron chi connectivity index (χ1n) is 10.8. The topological polar surface area (TPSA) is 82.5 Å². The van der Waals surface area contributed by atoms with Crippen molar-refractivity contribution >= 4 is 23.5 Å². The second kappa shape index (κ2) is 9.70. The summed E-state index contributed by atoms with van der Waals surface area (Å²) < 4.78 is 12.9. The number of nitrogens with one attached hydrogen (secondary N) is 1. The van der Waals surface area contributed by atoms with Gasteiger partial charge < -0.3 is 19.4 Å². The number of hydrogen-bond donors (Lipinski definition) is 1. The van der Waals surface area contributed by atoms with Crippen molar-refractivity contribution in [2.45, 2.75) is 37.1 Å². The van der Waals surface area contributed by atoms with Gasteiger partial charge >= 0.3 is 0 Å². The number of benzene rings is 2. The van der Waals surface area contributed by atoms with Gasteiger partial charge in [-0.25, -0.2) is 0 Å². The van der Waals surface area contributed by atoms with E-state index in [4.69, 9.17) is 9.47 Å². The molecule has 1 amide bonds. The highest BCUT2D eigenvalue weighted by atomic mass is 32.2. The maximum Gasteiger partial charge on any atom is 0.279 e. The number of hydrogen-bond acceptors (Lipinski definition) is 6. The van der Waals surface area contributed by atoms with Crippen LogP contribution >= 0.6 is 11.8 Å². The van der Waals surface area contributed by atoms with Crippen LogP contribution in [0.1, 0.15) is 41.5 Å². The first-order chi connectivity index (χ1) is 15.9. The van der Waals surface area contributed by atoms with Crippen molar-refractivity contribution in [2.75, 3.05) is 19.0 Å². The number of fused-ring (bicyclic) bond motifs is 1. The summed E-state index contributed by atoms with van der Waals surface area (Å²) >= 11 is 1.48. The highest BCUT2D eigenvalue weighted by Gasteiger charge is 2.32. The summed E-state index contributed by atoms with van der Waals surface area (Å²) in [4.78, 5) is 30.2. The molecule has 2 heterocycles. The molecule has 0 bridgehead atoms. The van der Waals surface area contributed by atoms with Gasteiger partial charge in [-0.2, -0.15) is 4.98 Å². The zero-order valence-corrected chi connectivity index (χ0v) is 20.0. The zero-order valence-electron chi connectivity index (χ0n) is 19.2. The van der Waals surface area contributed by atoms with Crippen LogP contribution in [0.5, 0.6) is 11.5 Å². The summed E-state index contributed by atoms with van der Waals surface area (Å²) in [7, 11) is 3.41. The number of methoxy groups -OCH3 is 1. The Labute approximate surface area is 197 Å². The van der Waals surface area contributed by atoms with Crippen LogP contribution in [0, 0.1) is 6.92 Å². The number of aryl methyl sites for hydroxylation is 1. The summed E-state index contributed by atoms with van der Waals surface area (Å²) in [5.41, 5.74) is 3.35. The SMILES string of the molecule is CCOc1cc([C@@H]2CC(=O)Nc3c2c(=O)nc(SCc2ccccc2C)n3C)ccc1OC. The Morgan fingerprint density at radius 3 is 2.70 bits per heavy atom. The number of aromatic nitrogens is 2. The van der Waals surface area contributed by atoms with Gasteiger partial charge in [-0.3, -0.25) is 9.59 Å². The molecule has 0 aliphatic carbocycles. The van der Waals surface area contributed by atoms with Crippen molar-refractivity contribution < 1.29 is 14.3 Å². The van der Waals surface area contributed by atoms with E-state index >= 15 is 0 Å². The van der Waals surface area contributed by atoms with Gasteiger partial charge in [0.25, 0.3) is 5.56 Å². The standard InChI is InChI=1S/C25H27N3O4S/c1-5-32-20-12-16(10-11-19(20)31-4)18-13-21(29)26-23-22(18)24(30)27-25(28(23)3)33-14-17-9-7-6-8-15(17)2/h6-12,18H,5,13-14H2,1-4H3,(H,26,29)/t18-/m0/s1. The van der Waals surface area contributed by atoms with Crippen LogP contribution in [0.2, 0.25) is 0 Å². The first kappa shape index (κ1) is 22.9. The van der Waals surface area contributed by atoms with Crippen molar-refractivity contribution in [2.24, 2.45) is 7.05 Å². The van der Waals surface area contributed by atoms with E-state index in [1.165, 1.54) is 22.9 Å². The summed E-state index contributed by atoms with van der Waals surface area (Å²) in [5.74, 6) is 1.81. The summed E-state index contributed by atoms with van der Waals surface area (Å²) in [6, 6.07) is 13.6. The lowest BCUT2D eigenvalue weighted by Crippen LogP contribution is -2.33. The van der Waals surface area contributed by atoms with Gasteiger partial charge in [0.15, 0.2) is 16.7 Å². The fourth-order valence-electron chi connectivity index (χ4n) is 4.04. The van der Waals surface area contributed by atoms with Crippen molar-refractivity contribution in [3.8, 4) is 11.5 Å². The number of amides is 1. The van der Waals surface area contributed by atoms with Crippen LogP contribution < -0.4 is 20.3 Å². The van der Waals surface area contributed by atoms with E-state index < -0.39 is 5.92 Å². The molecule has 0 saturated heterocycles. The fraction of sp³-hybridized carbons (Fsp3) is 0.320. The molecule has 0 fully saturated rings. The van der Waals surface area contributed by atoms with Gasteiger partial charge in [0.05, 0.1) is 19.3 Å². The normalized spacial score (nSPS) is 15.0. The smallest absolute Gasteiger partial charge is 0.279 e. The van der Waals surface area contributed by atoms with Gasteiger partial charge in [-0.1, -0.05) is 42.1 Å². The van der Waals surface area contributed by atoms with Crippen molar-refractivity contribution in [3.63, 3.8) is 0 Å². The van der Waals surface area contributed by atoms with E-state index in [0.29, 0.717) is 40.4 Å². The molecule has 4 rings (SSSR count). The summed E-state index contributed by atoms with van der Waals surface area (Å²) in [6.45, 7) is 4.43. The predicted octanol–water partition coefficient (Wildman–Crippen LogP) is 4.26. The number of thioether (sulfide) groups is 1. The maximum atomic E-state index is 13.2. The lowest BCUT2D eigenvalue weighted by Gasteiger charge is -2.28. The van der Waals surface area contributed by atoms with Gasteiger partial charge in [0.2, 0.25) is 5.91 Å². The van der Waals surface area contributed by atoms with E-state index in [0.717, 1.165) is 5.56 Å². The largest absolute Gasteiger partial charge is 0.493 e. The Morgan fingerprint density at radius 1 is 1.18 bits per heavy atom. The molecule has 8 heteroatoms. The average Bonchev–Trinajstić information content (AvgIpc) is 2.81. The average molecular weight is 466 g/mol. The number of nitrogens with zero attached hydrogens (tertiary/aromatic N) is 2. The Balaban J connectivity index is 1.73. The summed E-state index contributed by atoms with van der Waals surface area (Å²) in [6.07, 6.45) is 0.164. The van der Waals surface area contributed by atoms with Gasteiger partial charge in [0.1, 0.15) is 5.82 Å². The van der Waals surface area contributed by atoms with Crippen molar-refractivity contribution in [1.82, 2.24) is 9.55 Å². The van der Waals surface area contributed by atoms with Crippen molar-refractivity contribution in [3.05, 3.63) is 75.1 Å². The number of rotatable bonds is 7. The molecule has 1 N–H and O–H groups in total. The highest BCUT2D eigenvalue weighted by Crippen LogP contribution is 2.39. The molecule has 33 heavy (non-hydrogen) atoms. The second-order valence-corrected chi connectivity index (χ2v) is 8.83. The third-order valence-corrected chi connectivity index (χ3v) is 6.89.